The van der Waals surface area contributed by atoms with Crippen molar-refractivity contribution in [2.75, 3.05) is 0 Å². The summed E-state index contributed by atoms with van der Waals surface area (Å²) >= 11 is 3.42. The monoisotopic (exact) mass is 443 g/mol. The third-order valence-corrected chi connectivity index (χ3v) is 4.72. The van der Waals surface area contributed by atoms with E-state index in [4.69, 9.17) is 9.26 Å². The molecule has 1 aromatic heterocycles. The maximum atomic E-state index is 12.5. The zero-order chi connectivity index (χ0) is 20.1. The molecule has 0 fully saturated rings. The quantitative estimate of drug-likeness (QED) is 0.577. The number of carbonyl (C=O) groups is 1. The number of aromatic nitrogens is 2. The molecule has 0 radical (unpaired) electrons. The number of carbonyl (C=O) groups excluding carboxylic acids is 1. The van der Waals surface area contributed by atoms with Crippen LogP contribution in [-0.4, -0.2) is 22.2 Å². The molecule has 0 aliphatic rings. The summed E-state index contributed by atoms with van der Waals surface area (Å²) in [6.07, 6.45) is -0.0411. The van der Waals surface area contributed by atoms with Crippen molar-refractivity contribution in [3.05, 3.63) is 64.0 Å². The van der Waals surface area contributed by atoms with Crippen LogP contribution in [0, 0.1) is 13.8 Å². The van der Waals surface area contributed by atoms with Crippen molar-refractivity contribution < 1.29 is 14.1 Å². The lowest BCUT2D eigenvalue weighted by atomic mass is 10.1. The Morgan fingerprint density at radius 2 is 2.07 bits per heavy atom. The van der Waals surface area contributed by atoms with E-state index in [2.05, 4.69) is 31.4 Å². The highest BCUT2D eigenvalue weighted by molar-refractivity contribution is 9.10. The molecule has 1 N–H and O–H groups in total. The van der Waals surface area contributed by atoms with Crippen LogP contribution in [0.4, 0.5) is 0 Å². The van der Waals surface area contributed by atoms with Gasteiger partial charge >= 0.3 is 0 Å². The van der Waals surface area contributed by atoms with Crippen molar-refractivity contribution in [2.45, 2.75) is 39.8 Å². The van der Waals surface area contributed by atoms with Gasteiger partial charge in [0.05, 0.1) is 6.54 Å². The van der Waals surface area contributed by atoms with Gasteiger partial charge in [0.15, 0.2) is 6.10 Å². The molecule has 2 aromatic carbocycles. The Hall–Kier alpha value is -2.67. The molecule has 6 nitrogen and oxygen atoms in total. The lowest BCUT2D eigenvalue weighted by Crippen LogP contribution is -2.37. The standard InChI is InChI=1S/C21H22BrN3O3/c1-4-17(27-18-9-8-13(2)10-14(18)3)21(26)23-12-19-24-20(25-28-19)15-6-5-7-16(22)11-15/h5-11,17H,4,12H2,1-3H3,(H,23,26)/t17-/m0/s1. The molecule has 1 heterocycles. The zero-order valence-corrected chi connectivity index (χ0v) is 17.6. The summed E-state index contributed by atoms with van der Waals surface area (Å²) in [7, 11) is 0. The first-order valence-electron chi connectivity index (χ1n) is 9.06. The van der Waals surface area contributed by atoms with E-state index >= 15 is 0 Å². The number of nitrogens with one attached hydrogen (secondary N) is 1. The summed E-state index contributed by atoms with van der Waals surface area (Å²) in [5.41, 5.74) is 2.99. The van der Waals surface area contributed by atoms with E-state index in [9.17, 15) is 4.79 Å². The molecule has 0 bridgehead atoms. The predicted octanol–water partition coefficient (Wildman–Crippen LogP) is 4.59. The molecule has 7 heteroatoms. The summed E-state index contributed by atoms with van der Waals surface area (Å²) in [6, 6.07) is 13.5. The molecule has 3 rings (SSSR count). The molecule has 0 saturated carbocycles. The van der Waals surface area contributed by atoms with Crippen molar-refractivity contribution in [3.8, 4) is 17.1 Å². The number of ether oxygens (including phenoxy) is 1. The molecule has 0 aliphatic carbocycles. The number of hydrogen-bond donors (Lipinski definition) is 1. The summed E-state index contributed by atoms with van der Waals surface area (Å²) in [5, 5.41) is 6.78. The second-order valence-corrected chi connectivity index (χ2v) is 7.44. The average Bonchev–Trinajstić information content (AvgIpc) is 3.15. The first-order valence-corrected chi connectivity index (χ1v) is 9.85. The number of aryl methyl sites for hydroxylation is 2. The van der Waals surface area contributed by atoms with Gasteiger partial charge in [0.25, 0.3) is 5.91 Å². The van der Waals surface area contributed by atoms with E-state index < -0.39 is 6.10 Å². The maximum Gasteiger partial charge on any atom is 0.261 e. The third kappa shape index (κ3) is 4.98. The van der Waals surface area contributed by atoms with E-state index in [1.807, 2.05) is 63.2 Å². The fourth-order valence-corrected chi connectivity index (χ4v) is 3.15. The Kier molecular flexibility index (Phi) is 6.46. The molecule has 1 amide bonds. The first kappa shape index (κ1) is 20.1. The Balaban J connectivity index is 1.61. The number of rotatable bonds is 7. The van der Waals surface area contributed by atoms with Crippen LogP contribution in [0.1, 0.15) is 30.4 Å². The number of hydrogen-bond acceptors (Lipinski definition) is 5. The summed E-state index contributed by atoms with van der Waals surface area (Å²) in [4.78, 5) is 16.9. The Labute approximate surface area is 172 Å². The van der Waals surface area contributed by atoms with Crippen LogP contribution in [0.15, 0.2) is 51.5 Å². The van der Waals surface area contributed by atoms with Gasteiger partial charge in [0.1, 0.15) is 5.75 Å². The smallest absolute Gasteiger partial charge is 0.261 e. The predicted molar refractivity (Wildman–Crippen MR) is 110 cm³/mol. The van der Waals surface area contributed by atoms with Gasteiger partial charge in [-0.15, -0.1) is 0 Å². The molecule has 0 aliphatic heterocycles. The molecular weight excluding hydrogens is 422 g/mol. The van der Waals surface area contributed by atoms with Gasteiger partial charge in [-0.3, -0.25) is 4.79 Å². The van der Waals surface area contributed by atoms with Gasteiger partial charge in [0, 0.05) is 10.0 Å². The van der Waals surface area contributed by atoms with Crippen LogP contribution in [0.3, 0.4) is 0 Å². The zero-order valence-electron chi connectivity index (χ0n) is 16.0. The van der Waals surface area contributed by atoms with Gasteiger partial charge in [-0.25, -0.2) is 0 Å². The van der Waals surface area contributed by atoms with Gasteiger partial charge in [0.2, 0.25) is 11.7 Å². The molecule has 1 atom stereocenters. The largest absolute Gasteiger partial charge is 0.480 e. The molecule has 0 spiro atoms. The van der Waals surface area contributed by atoms with Crippen LogP contribution >= 0.6 is 15.9 Å². The highest BCUT2D eigenvalue weighted by Gasteiger charge is 2.20. The lowest BCUT2D eigenvalue weighted by Gasteiger charge is -2.18. The van der Waals surface area contributed by atoms with E-state index in [0.29, 0.717) is 23.9 Å². The van der Waals surface area contributed by atoms with Crippen molar-refractivity contribution in [1.29, 1.82) is 0 Å². The Morgan fingerprint density at radius 3 is 2.79 bits per heavy atom. The lowest BCUT2D eigenvalue weighted by molar-refractivity contribution is -0.128. The number of halogens is 1. The molecular formula is C21H22BrN3O3. The molecule has 28 heavy (non-hydrogen) atoms. The van der Waals surface area contributed by atoms with Gasteiger partial charge in [-0.2, -0.15) is 4.98 Å². The van der Waals surface area contributed by atoms with Crippen molar-refractivity contribution in [2.24, 2.45) is 0 Å². The van der Waals surface area contributed by atoms with Gasteiger partial charge in [-0.05, 0) is 44.0 Å². The highest BCUT2D eigenvalue weighted by atomic mass is 79.9. The minimum absolute atomic E-state index is 0.145. The normalized spacial score (nSPS) is 11.9. The molecule has 146 valence electrons. The number of benzene rings is 2. The van der Waals surface area contributed by atoms with Crippen LogP contribution in [0.5, 0.6) is 5.75 Å². The van der Waals surface area contributed by atoms with E-state index in [0.717, 1.165) is 21.2 Å². The molecule has 0 unspecified atom stereocenters. The van der Waals surface area contributed by atoms with E-state index in [-0.39, 0.29) is 12.5 Å². The Bertz CT molecular complexity index is 971. The SMILES string of the molecule is CC[C@H](Oc1ccc(C)cc1C)C(=O)NCc1nc(-c2cccc(Br)c2)no1. The van der Waals surface area contributed by atoms with Gasteiger partial charge in [-0.1, -0.05) is 57.8 Å². The minimum atomic E-state index is -0.589. The second kappa shape index (κ2) is 9.01. The van der Waals surface area contributed by atoms with Crippen molar-refractivity contribution in [1.82, 2.24) is 15.5 Å². The van der Waals surface area contributed by atoms with Crippen LogP contribution in [-0.2, 0) is 11.3 Å². The summed E-state index contributed by atoms with van der Waals surface area (Å²) in [5.74, 6) is 1.31. The van der Waals surface area contributed by atoms with Crippen molar-refractivity contribution in [3.63, 3.8) is 0 Å². The average molecular weight is 444 g/mol. The molecule has 0 saturated heterocycles. The van der Waals surface area contributed by atoms with E-state index in [1.165, 1.54) is 0 Å². The highest BCUT2D eigenvalue weighted by Crippen LogP contribution is 2.22. The minimum Gasteiger partial charge on any atom is -0.480 e. The van der Waals surface area contributed by atoms with Crippen LogP contribution < -0.4 is 10.1 Å². The fourth-order valence-electron chi connectivity index (χ4n) is 2.76. The maximum absolute atomic E-state index is 12.5. The Morgan fingerprint density at radius 1 is 1.25 bits per heavy atom. The topological polar surface area (TPSA) is 77.2 Å². The van der Waals surface area contributed by atoms with Crippen LogP contribution in [0.2, 0.25) is 0 Å². The van der Waals surface area contributed by atoms with Gasteiger partial charge < -0.3 is 14.6 Å². The number of amides is 1. The second-order valence-electron chi connectivity index (χ2n) is 6.52. The summed E-state index contributed by atoms with van der Waals surface area (Å²) < 4.78 is 12.1. The number of nitrogens with zero attached hydrogens (tertiary/aromatic N) is 2. The van der Waals surface area contributed by atoms with E-state index in [1.54, 1.807) is 0 Å². The van der Waals surface area contributed by atoms with Crippen LogP contribution in [0.25, 0.3) is 11.4 Å². The first-order chi connectivity index (χ1) is 13.5. The van der Waals surface area contributed by atoms with Crippen molar-refractivity contribution >= 4 is 21.8 Å². The fraction of sp³-hybridized carbons (Fsp3) is 0.286. The molecule has 3 aromatic rings. The third-order valence-electron chi connectivity index (χ3n) is 4.23. The summed E-state index contributed by atoms with van der Waals surface area (Å²) in [6.45, 7) is 6.04.